The molecule has 1 atom stereocenters. The maximum Gasteiger partial charge on any atom is 0.246 e. The van der Waals surface area contributed by atoms with Crippen molar-refractivity contribution in [3.63, 3.8) is 0 Å². The molecule has 4 heteroatoms. The lowest BCUT2D eigenvalue weighted by Crippen LogP contribution is -2.48. The standard InChI is InChI=1S/C15H18BrNO2/c1-15(19)8-3-9-17(11-15)14(18)7-6-12-4-2-5-13(16)10-12/h2,4-7,10,19H,3,8-9,11H2,1H3/b7-6+. The summed E-state index contributed by atoms with van der Waals surface area (Å²) in [5, 5.41) is 9.99. The van der Waals surface area contributed by atoms with Gasteiger partial charge in [-0.15, -0.1) is 0 Å². The van der Waals surface area contributed by atoms with E-state index in [0.717, 1.165) is 29.4 Å². The highest BCUT2D eigenvalue weighted by molar-refractivity contribution is 9.10. The second kappa shape index (κ2) is 5.88. The molecule has 0 aromatic heterocycles. The first kappa shape index (κ1) is 14.3. The number of halogens is 1. The van der Waals surface area contributed by atoms with Crippen molar-refractivity contribution in [2.24, 2.45) is 0 Å². The summed E-state index contributed by atoms with van der Waals surface area (Å²) in [4.78, 5) is 13.8. The van der Waals surface area contributed by atoms with Crippen molar-refractivity contribution in [2.75, 3.05) is 13.1 Å². The fourth-order valence-corrected chi connectivity index (χ4v) is 2.71. The third-order valence-electron chi connectivity index (χ3n) is 3.25. The second-order valence-corrected chi connectivity index (χ2v) is 6.16. The van der Waals surface area contributed by atoms with E-state index in [1.54, 1.807) is 24.0 Å². The molecule has 2 rings (SSSR count). The number of hydrogen-bond donors (Lipinski definition) is 1. The maximum atomic E-state index is 12.1. The van der Waals surface area contributed by atoms with Gasteiger partial charge in [-0.1, -0.05) is 28.1 Å². The third-order valence-corrected chi connectivity index (χ3v) is 3.75. The Morgan fingerprint density at radius 3 is 3.00 bits per heavy atom. The molecule has 1 fully saturated rings. The number of piperidine rings is 1. The first-order chi connectivity index (χ1) is 8.96. The average molecular weight is 324 g/mol. The number of rotatable bonds is 2. The normalized spacial score (nSPS) is 23.8. The molecule has 1 N–H and O–H groups in total. The number of β-amino-alcohol motifs (C(OH)–C–C–N with tert-alkyl or cyclic N) is 1. The largest absolute Gasteiger partial charge is 0.388 e. The quantitative estimate of drug-likeness (QED) is 0.850. The minimum absolute atomic E-state index is 0.0417. The van der Waals surface area contributed by atoms with Crippen LogP contribution in [0.25, 0.3) is 6.08 Å². The molecule has 1 saturated heterocycles. The lowest BCUT2D eigenvalue weighted by atomic mass is 9.95. The number of carbonyl (C=O) groups excluding carboxylic acids is 1. The molecule has 0 aliphatic carbocycles. The van der Waals surface area contributed by atoms with E-state index in [-0.39, 0.29) is 5.91 Å². The number of benzene rings is 1. The fraction of sp³-hybridized carbons (Fsp3) is 0.400. The van der Waals surface area contributed by atoms with Crippen LogP contribution in [-0.4, -0.2) is 34.6 Å². The van der Waals surface area contributed by atoms with Crippen LogP contribution in [0.1, 0.15) is 25.3 Å². The highest BCUT2D eigenvalue weighted by Gasteiger charge is 2.29. The number of nitrogens with zero attached hydrogens (tertiary/aromatic N) is 1. The van der Waals surface area contributed by atoms with Crippen molar-refractivity contribution in [2.45, 2.75) is 25.4 Å². The number of aliphatic hydroxyl groups is 1. The van der Waals surface area contributed by atoms with Crippen molar-refractivity contribution in [3.8, 4) is 0 Å². The molecule has 3 nitrogen and oxygen atoms in total. The smallest absolute Gasteiger partial charge is 0.246 e. The van der Waals surface area contributed by atoms with E-state index in [2.05, 4.69) is 15.9 Å². The summed E-state index contributed by atoms with van der Waals surface area (Å²) in [5.74, 6) is -0.0417. The molecule has 102 valence electrons. The van der Waals surface area contributed by atoms with Gasteiger partial charge in [0.25, 0.3) is 0 Å². The van der Waals surface area contributed by atoms with Crippen molar-refractivity contribution >= 4 is 27.9 Å². The summed E-state index contributed by atoms with van der Waals surface area (Å²) < 4.78 is 0.989. The summed E-state index contributed by atoms with van der Waals surface area (Å²) in [6.07, 6.45) is 4.98. The van der Waals surface area contributed by atoms with Crippen LogP contribution in [0.15, 0.2) is 34.8 Å². The molecule has 1 aliphatic heterocycles. The number of likely N-dealkylation sites (tertiary alicyclic amines) is 1. The van der Waals surface area contributed by atoms with E-state index in [9.17, 15) is 9.90 Å². The van der Waals surface area contributed by atoms with Crippen LogP contribution in [0.2, 0.25) is 0 Å². The highest BCUT2D eigenvalue weighted by atomic mass is 79.9. The van der Waals surface area contributed by atoms with Crippen LogP contribution in [0.3, 0.4) is 0 Å². The van der Waals surface area contributed by atoms with Crippen LogP contribution >= 0.6 is 15.9 Å². The Hall–Kier alpha value is -1.13. The maximum absolute atomic E-state index is 12.1. The first-order valence-electron chi connectivity index (χ1n) is 6.41. The Morgan fingerprint density at radius 1 is 1.53 bits per heavy atom. The molecule has 1 amide bonds. The molecule has 0 spiro atoms. The van der Waals surface area contributed by atoms with E-state index in [1.165, 1.54) is 0 Å². The molecular weight excluding hydrogens is 306 g/mol. The minimum atomic E-state index is -0.752. The molecule has 1 aromatic carbocycles. The van der Waals surface area contributed by atoms with Gasteiger partial charge in [0.15, 0.2) is 0 Å². The van der Waals surface area contributed by atoms with E-state index >= 15 is 0 Å². The van der Waals surface area contributed by atoms with Gasteiger partial charge in [-0.3, -0.25) is 4.79 Å². The topological polar surface area (TPSA) is 40.5 Å². The lowest BCUT2D eigenvalue weighted by molar-refractivity contribution is -0.132. The first-order valence-corrected chi connectivity index (χ1v) is 7.20. The molecule has 0 radical (unpaired) electrons. The highest BCUT2D eigenvalue weighted by Crippen LogP contribution is 2.20. The summed E-state index contributed by atoms with van der Waals surface area (Å²) >= 11 is 3.40. The molecule has 19 heavy (non-hydrogen) atoms. The minimum Gasteiger partial charge on any atom is -0.388 e. The molecule has 1 aliphatic rings. The molecule has 1 aromatic rings. The zero-order valence-corrected chi connectivity index (χ0v) is 12.6. The van der Waals surface area contributed by atoms with Crippen LogP contribution in [0.4, 0.5) is 0 Å². The lowest BCUT2D eigenvalue weighted by Gasteiger charge is -2.36. The van der Waals surface area contributed by atoms with Crippen LogP contribution in [0.5, 0.6) is 0 Å². The summed E-state index contributed by atoms with van der Waals surface area (Å²) in [6, 6.07) is 7.78. The molecular formula is C15H18BrNO2. The van der Waals surface area contributed by atoms with E-state index in [1.807, 2.05) is 24.3 Å². The number of amides is 1. The van der Waals surface area contributed by atoms with Crippen molar-refractivity contribution < 1.29 is 9.90 Å². The monoisotopic (exact) mass is 323 g/mol. The van der Waals surface area contributed by atoms with Gasteiger partial charge in [0.1, 0.15) is 0 Å². The third kappa shape index (κ3) is 4.18. The number of hydrogen-bond acceptors (Lipinski definition) is 2. The average Bonchev–Trinajstić information content (AvgIpc) is 2.35. The second-order valence-electron chi connectivity index (χ2n) is 5.25. The van der Waals surface area contributed by atoms with E-state index in [4.69, 9.17) is 0 Å². The Morgan fingerprint density at radius 2 is 2.32 bits per heavy atom. The van der Waals surface area contributed by atoms with Crippen LogP contribution in [-0.2, 0) is 4.79 Å². The predicted octanol–water partition coefficient (Wildman–Crippen LogP) is 2.84. The van der Waals surface area contributed by atoms with Gasteiger partial charge in [0.05, 0.1) is 5.60 Å². The van der Waals surface area contributed by atoms with Gasteiger partial charge < -0.3 is 10.0 Å². The van der Waals surface area contributed by atoms with E-state index < -0.39 is 5.60 Å². The number of carbonyl (C=O) groups is 1. The Labute approximate surface area is 122 Å². The predicted molar refractivity (Wildman–Crippen MR) is 79.6 cm³/mol. The van der Waals surface area contributed by atoms with E-state index in [0.29, 0.717) is 6.54 Å². The zero-order valence-electron chi connectivity index (χ0n) is 11.0. The Kier molecular flexibility index (Phi) is 4.42. The van der Waals surface area contributed by atoms with Crippen molar-refractivity contribution in [1.82, 2.24) is 4.90 Å². The Balaban J connectivity index is 2.01. The van der Waals surface area contributed by atoms with Gasteiger partial charge in [-0.05, 0) is 43.5 Å². The molecule has 0 saturated carbocycles. The summed E-state index contributed by atoms with van der Waals surface area (Å²) in [7, 11) is 0. The van der Waals surface area contributed by atoms with Crippen molar-refractivity contribution in [1.29, 1.82) is 0 Å². The van der Waals surface area contributed by atoms with Crippen molar-refractivity contribution in [3.05, 3.63) is 40.4 Å². The zero-order chi connectivity index (χ0) is 13.9. The van der Waals surface area contributed by atoms with Crippen LogP contribution in [0, 0.1) is 0 Å². The molecule has 1 unspecified atom stereocenters. The van der Waals surface area contributed by atoms with Gasteiger partial charge in [-0.2, -0.15) is 0 Å². The summed E-state index contributed by atoms with van der Waals surface area (Å²) in [6.45, 7) is 2.91. The van der Waals surface area contributed by atoms with Crippen LogP contribution < -0.4 is 0 Å². The SMILES string of the molecule is CC1(O)CCCN(C(=O)/C=C/c2cccc(Br)c2)C1. The van der Waals surface area contributed by atoms with Gasteiger partial charge in [0, 0.05) is 23.6 Å². The Bertz CT molecular complexity index is 497. The summed E-state index contributed by atoms with van der Waals surface area (Å²) in [5.41, 5.74) is 0.226. The molecule has 1 heterocycles. The van der Waals surface area contributed by atoms with Gasteiger partial charge >= 0.3 is 0 Å². The van der Waals surface area contributed by atoms with Gasteiger partial charge in [-0.25, -0.2) is 0 Å². The van der Waals surface area contributed by atoms with Gasteiger partial charge in [0.2, 0.25) is 5.91 Å². The molecule has 0 bridgehead atoms. The fourth-order valence-electron chi connectivity index (χ4n) is 2.29.